The van der Waals surface area contributed by atoms with Crippen molar-refractivity contribution in [3.63, 3.8) is 0 Å². The van der Waals surface area contributed by atoms with E-state index >= 15 is 4.39 Å². The Bertz CT molecular complexity index is 1180. The van der Waals surface area contributed by atoms with E-state index in [9.17, 15) is 4.79 Å². The minimum absolute atomic E-state index is 0.108. The number of aromatic nitrogens is 2. The van der Waals surface area contributed by atoms with E-state index in [0.717, 1.165) is 78.5 Å². The van der Waals surface area contributed by atoms with Crippen LogP contribution in [0.2, 0.25) is 0 Å². The van der Waals surface area contributed by atoms with E-state index in [1.54, 1.807) is 10.6 Å². The normalized spacial score (nSPS) is 17.2. The fraction of sp³-hybridized carbons (Fsp3) is 0.480. The summed E-state index contributed by atoms with van der Waals surface area (Å²) >= 11 is 0. The number of nitrogens with zero attached hydrogens (tertiary/aromatic N) is 1. The molecule has 5 rings (SSSR count). The summed E-state index contributed by atoms with van der Waals surface area (Å²) in [5.74, 6) is 0.452. The molecule has 0 radical (unpaired) electrons. The molecule has 1 aliphatic heterocycles. The lowest BCUT2D eigenvalue weighted by molar-refractivity contribution is 0.445. The van der Waals surface area contributed by atoms with Crippen molar-refractivity contribution in [2.75, 3.05) is 13.1 Å². The first-order valence-corrected chi connectivity index (χ1v) is 11.2. The zero-order chi connectivity index (χ0) is 21.0. The van der Waals surface area contributed by atoms with E-state index in [1.807, 2.05) is 13.2 Å². The highest BCUT2D eigenvalue weighted by atomic mass is 19.1. The average Bonchev–Trinajstić information content (AvgIpc) is 3.35. The number of fused-ring (bicyclic) bond motifs is 2. The lowest BCUT2D eigenvalue weighted by Gasteiger charge is -2.23. The number of piperidine rings is 1. The van der Waals surface area contributed by atoms with Crippen LogP contribution in [0.15, 0.2) is 23.1 Å². The van der Waals surface area contributed by atoms with Crippen molar-refractivity contribution in [3.05, 3.63) is 56.8 Å². The van der Waals surface area contributed by atoms with Gasteiger partial charge in [0.05, 0.1) is 5.69 Å². The molecule has 0 atom stereocenters. The smallest absolute Gasteiger partial charge is 0.253 e. The number of halogens is 1. The SMILES string of the molecule is CC(C)c1c(-c2cn(C)c(=O)c3c2CCC3)[nH]c2cc(F)c(C3CCNCC3)cc12. The lowest BCUT2D eigenvalue weighted by Crippen LogP contribution is -2.27. The molecule has 0 saturated carbocycles. The van der Waals surface area contributed by atoms with Crippen molar-refractivity contribution >= 4 is 10.9 Å². The maximum Gasteiger partial charge on any atom is 0.253 e. The number of hydrogen-bond donors (Lipinski definition) is 2. The van der Waals surface area contributed by atoms with Crippen molar-refractivity contribution in [1.29, 1.82) is 0 Å². The molecule has 5 heteroatoms. The first-order chi connectivity index (χ1) is 14.5. The van der Waals surface area contributed by atoms with E-state index in [-0.39, 0.29) is 23.2 Å². The number of nitrogens with one attached hydrogen (secondary N) is 2. The number of aromatic amines is 1. The van der Waals surface area contributed by atoms with Gasteiger partial charge in [0.2, 0.25) is 0 Å². The summed E-state index contributed by atoms with van der Waals surface area (Å²) in [5.41, 5.74) is 7.33. The van der Waals surface area contributed by atoms with E-state index in [1.165, 1.54) is 11.1 Å². The van der Waals surface area contributed by atoms with Gasteiger partial charge in [0.25, 0.3) is 5.56 Å². The minimum atomic E-state index is -0.108. The van der Waals surface area contributed by atoms with Gasteiger partial charge in [0, 0.05) is 35.3 Å². The summed E-state index contributed by atoms with van der Waals surface area (Å²) < 4.78 is 16.8. The Hall–Kier alpha value is -2.40. The second kappa shape index (κ2) is 7.38. The lowest BCUT2D eigenvalue weighted by atomic mass is 9.87. The first kappa shape index (κ1) is 19.6. The first-order valence-electron chi connectivity index (χ1n) is 11.2. The quantitative estimate of drug-likeness (QED) is 0.658. The molecule has 2 N–H and O–H groups in total. The molecule has 30 heavy (non-hydrogen) atoms. The maximum absolute atomic E-state index is 15.1. The second-order valence-corrected chi connectivity index (χ2v) is 9.28. The summed E-state index contributed by atoms with van der Waals surface area (Å²) in [6.45, 7) is 6.28. The summed E-state index contributed by atoms with van der Waals surface area (Å²) in [6, 6.07) is 3.78. The molecule has 0 unspecified atom stereocenters. The van der Waals surface area contributed by atoms with Gasteiger partial charge in [-0.2, -0.15) is 0 Å². The largest absolute Gasteiger partial charge is 0.354 e. The van der Waals surface area contributed by atoms with Crippen LogP contribution in [0.1, 0.15) is 67.2 Å². The van der Waals surface area contributed by atoms with E-state index in [2.05, 4.69) is 30.2 Å². The van der Waals surface area contributed by atoms with Crippen molar-refractivity contribution in [2.24, 2.45) is 7.05 Å². The third-order valence-corrected chi connectivity index (χ3v) is 7.03. The van der Waals surface area contributed by atoms with Gasteiger partial charge in [-0.05, 0) is 85.9 Å². The minimum Gasteiger partial charge on any atom is -0.354 e. The molecule has 1 fully saturated rings. The predicted octanol–water partition coefficient (Wildman–Crippen LogP) is 4.75. The highest BCUT2D eigenvalue weighted by molar-refractivity contribution is 5.92. The highest BCUT2D eigenvalue weighted by Crippen LogP contribution is 2.41. The molecule has 1 aliphatic carbocycles. The summed E-state index contributed by atoms with van der Waals surface area (Å²) in [4.78, 5) is 16.1. The van der Waals surface area contributed by atoms with Gasteiger partial charge in [0.15, 0.2) is 0 Å². The topological polar surface area (TPSA) is 49.8 Å². The van der Waals surface area contributed by atoms with Gasteiger partial charge in [-0.25, -0.2) is 4.39 Å². The standard InChI is InChI=1S/C25H30FN3O/c1-14(2)23-19-11-18(15-7-9-27-10-8-15)21(26)12-22(19)28-24(23)20-13-29(3)25(30)17-6-4-5-16(17)20/h11-15,27-28H,4-10H2,1-3H3. The average molecular weight is 408 g/mol. The molecule has 0 amide bonds. The Balaban J connectivity index is 1.74. The van der Waals surface area contributed by atoms with Gasteiger partial charge < -0.3 is 14.9 Å². The van der Waals surface area contributed by atoms with Crippen LogP contribution in [0.5, 0.6) is 0 Å². The molecular weight excluding hydrogens is 377 g/mol. The fourth-order valence-electron chi connectivity index (χ4n) is 5.55. The van der Waals surface area contributed by atoms with Crippen LogP contribution in [0.3, 0.4) is 0 Å². The molecule has 158 valence electrons. The zero-order valence-corrected chi connectivity index (χ0v) is 18.1. The summed E-state index contributed by atoms with van der Waals surface area (Å²) in [5, 5.41) is 4.49. The molecule has 0 spiro atoms. The molecule has 2 aliphatic rings. The fourth-order valence-corrected chi connectivity index (χ4v) is 5.55. The molecule has 3 aromatic rings. The van der Waals surface area contributed by atoms with E-state index in [0.29, 0.717) is 0 Å². The number of H-pyrrole nitrogens is 1. The molecular formula is C25H30FN3O. The highest BCUT2D eigenvalue weighted by Gasteiger charge is 2.26. The van der Waals surface area contributed by atoms with Gasteiger partial charge in [-0.15, -0.1) is 0 Å². The van der Waals surface area contributed by atoms with Gasteiger partial charge in [0.1, 0.15) is 5.82 Å². The van der Waals surface area contributed by atoms with Crippen LogP contribution in [-0.2, 0) is 19.9 Å². The molecule has 1 saturated heterocycles. The molecule has 1 aromatic carbocycles. The van der Waals surface area contributed by atoms with Crippen molar-refractivity contribution in [3.8, 4) is 11.3 Å². The number of benzene rings is 1. The Morgan fingerprint density at radius 3 is 2.60 bits per heavy atom. The Morgan fingerprint density at radius 1 is 1.13 bits per heavy atom. The Kier molecular flexibility index (Phi) is 4.81. The van der Waals surface area contributed by atoms with Crippen LogP contribution >= 0.6 is 0 Å². The molecule has 2 aromatic heterocycles. The summed E-state index contributed by atoms with van der Waals surface area (Å²) in [6.07, 6.45) is 6.72. The Labute approximate surface area is 176 Å². The van der Waals surface area contributed by atoms with E-state index < -0.39 is 0 Å². The van der Waals surface area contributed by atoms with Gasteiger partial charge in [-0.3, -0.25) is 4.79 Å². The Morgan fingerprint density at radius 2 is 1.87 bits per heavy atom. The third-order valence-electron chi connectivity index (χ3n) is 7.03. The van der Waals surface area contributed by atoms with Crippen LogP contribution in [-0.4, -0.2) is 22.6 Å². The van der Waals surface area contributed by atoms with Gasteiger partial charge in [-0.1, -0.05) is 13.8 Å². The van der Waals surface area contributed by atoms with Crippen LogP contribution in [0.25, 0.3) is 22.2 Å². The van der Waals surface area contributed by atoms with Crippen LogP contribution in [0, 0.1) is 5.82 Å². The van der Waals surface area contributed by atoms with Crippen molar-refractivity contribution in [2.45, 2.75) is 57.8 Å². The second-order valence-electron chi connectivity index (χ2n) is 9.28. The predicted molar refractivity (Wildman–Crippen MR) is 120 cm³/mol. The molecule has 0 bridgehead atoms. The zero-order valence-electron chi connectivity index (χ0n) is 18.1. The summed E-state index contributed by atoms with van der Waals surface area (Å²) in [7, 11) is 1.83. The van der Waals surface area contributed by atoms with Gasteiger partial charge >= 0.3 is 0 Å². The van der Waals surface area contributed by atoms with E-state index in [4.69, 9.17) is 0 Å². The van der Waals surface area contributed by atoms with Crippen molar-refractivity contribution < 1.29 is 4.39 Å². The number of rotatable bonds is 3. The van der Waals surface area contributed by atoms with Crippen LogP contribution in [0.4, 0.5) is 4.39 Å². The molecule has 3 heterocycles. The maximum atomic E-state index is 15.1. The van der Waals surface area contributed by atoms with Crippen molar-refractivity contribution in [1.82, 2.24) is 14.9 Å². The molecule has 4 nitrogen and oxygen atoms in total. The number of hydrogen-bond acceptors (Lipinski definition) is 2. The van der Waals surface area contributed by atoms with Crippen LogP contribution < -0.4 is 10.9 Å². The number of pyridine rings is 1. The monoisotopic (exact) mass is 407 g/mol. The third kappa shape index (κ3) is 3.02. The number of aryl methyl sites for hydroxylation is 1.